The molecule has 0 saturated heterocycles. The largest absolute Gasteiger partial charge is 0.573 e. The van der Waals surface area contributed by atoms with Crippen LogP contribution < -0.4 is 10.1 Å². The summed E-state index contributed by atoms with van der Waals surface area (Å²) in [6.45, 7) is 6.47. The third-order valence-corrected chi connectivity index (χ3v) is 4.46. The summed E-state index contributed by atoms with van der Waals surface area (Å²) in [5.41, 5.74) is 0.449. The average Bonchev–Trinajstić information content (AvgIpc) is 3.01. The van der Waals surface area contributed by atoms with Crippen molar-refractivity contribution in [3.63, 3.8) is 0 Å². The van der Waals surface area contributed by atoms with Crippen LogP contribution in [0.5, 0.6) is 5.75 Å². The molecule has 1 unspecified atom stereocenters. The van der Waals surface area contributed by atoms with E-state index in [0.717, 1.165) is 18.2 Å². The van der Waals surface area contributed by atoms with Crippen molar-refractivity contribution >= 4 is 17.7 Å². The maximum Gasteiger partial charge on any atom is 0.573 e. The molecule has 0 aliphatic carbocycles. The van der Waals surface area contributed by atoms with Gasteiger partial charge in [-0.15, -0.1) is 18.3 Å². The molecule has 0 fully saturated rings. The van der Waals surface area contributed by atoms with Crippen LogP contribution in [0.15, 0.2) is 29.4 Å². The first kappa shape index (κ1) is 21.0. The van der Waals surface area contributed by atoms with Crippen LogP contribution in [0.1, 0.15) is 27.2 Å². The van der Waals surface area contributed by atoms with Crippen molar-refractivity contribution in [3.8, 4) is 11.4 Å². The van der Waals surface area contributed by atoms with Gasteiger partial charge in [-0.25, -0.2) is 0 Å². The molecule has 0 spiro atoms. The highest BCUT2D eigenvalue weighted by molar-refractivity contribution is 8.00. The highest BCUT2D eigenvalue weighted by Gasteiger charge is 2.31. The zero-order valence-electron chi connectivity index (χ0n) is 15.0. The second-order valence-electron chi connectivity index (χ2n) is 6.15. The second kappa shape index (κ2) is 9.07. The standard InChI is InChI=1S/C16H20F3N5O2S/c1-10(2)8-9-20-14(25)11(3)27-15-21-22-23-24(15)12-4-6-13(7-5-12)26-16(17,18)19/h4-7,10-11H,8-9H2,1-3H3,(H,20,25). The molecular formula is C16H20F3N5O2S. The lowest BCUT2D eigenvalue weighted by atomic mass is 10.1. The second-order valence-corrected chi connectivity index (χ2v) is 7.46. The minimum atomic E-state index is -4.75. The van der Waals surface area contributed by atoms with Gasteiger partial charge in [-0.2, -0.15) is 4.68 Å². The van der Waals surface area contributed by atoms with Gasteiger partial charge in [0.1, 0.15) is 5.75 Å². The van der Waals surface area contributed by atoms with E-state index in [1.807, 2.05) is 0 Å². The summed E-state index contributed by atoms with van der Waals surface area (Å²) in [7, 11) is 0. The van der Waals surface area contributed by atoms with Gasteiger partial charge >= 0.3 is 6.36 Å². The molecule has 1 aromatic heterocycles. The first-order valence-electron chi connectivity index (χ1n) is 8.24. The summed E-state index contributed by atoms with van der Waals surface area (Å²) < 4.78 is 41.9. The van der Waals surface area contributed by atoms with Crippen molar-refractivity contribution in [1.82, 2.24) is 25.5 Å². The van der Waals surface area contributed by atoms with Crippen molar-refractivity contribution in [2.75, 3.05) is 6.54 Å². The molecule has 27 heavy (non-hydrogen) atoms. The molecule has 0 aliphatic heterocycles. The summed E-state index contributed by atoms with van der Waals surface area (Å²) >= 11 is 1.16. The van der Waals surface area contributed by atoms with Crippen LogP contribution in [0.4, 0.5) is 13.2 Å². The lowest BCUT2D eigenvalue weighted by Gasteiger charge is -2.13. The number of rotatable bonds is 8. The van der Waals surface area contributed by atoms with Gasteiger partial charge in [0.25, 0.3) is 0 Å². The Morgan fingerprint density at radius 3 is 2.52 bits per heavy atom. The van der Waals surface area contributed by atoms with E-state index in [1.165, 1.54) is 28.9 Å². The molecule has 0 radical (unpaired) electrons. The number of ether oxygens (including phenoxy) is 1. The fourth-order valence-corrected chi connectivity index (χ4v) is 2.87. The van der Waals surface area contributed by atoms with E-state index in [9.17, 15) is 18.0 Å². The molecule has 0 saturated carbocycles. The van der Waals surface area contributed by atoms with Crippen molar-refractivity contribution in [3.05, 3.63) is 24.3 Å². The summed E-state index contributed by atoms with van der Waals surface area (Å²) in [4.78, 5) is 12.1. The van der Waals surface area contributed by atoms with E-state index in [-0.39, 0.29) is 11.7 Å². The van der Waals surface area contributed by atoms with Crippen LogP contribution >= 0.6 is 11.8 Å². The van der Waals surface area contributed by atoms with Crippen molar-refractivity contribution in [2.45, 2.75) is 44.0 Å². The molecule has 11 heteroatoms. The molecule has 148 valence electrons. The van der Waals surface area contributed by atoms with E-state index < -0.39 is 11.6 Å². The van der Waals surface area contributed by atoms with Crippen LogP contribution in [0.25, 0.3) is 5.69 Å². The molecule has 2 rings (SSSR count). The summed E-state index contributed by atoms with van der Waals surface area (Å²) in [6.07, 6.45) is -3.87. The number of nitrogens with zero attached hydrogens (tertiary/aromatic N) is 4. The van der Waals surface area contributed by atoms with E-state index in [0.29, 0.717) is 23.3 Å². The molecule has 1 atom stereocenters. The topological polar surface area (TPSA) is 81.9 Å². The number of carbonyl (C=O) groups is 1. The highest BCUT2D eigenvalue weighted by atomic mass is 32.2. The smallest absolute Gasteiger partial charge is 0.406 e. The Morgan fingerprint density at radius 2 is 1.93 bits per heavy atom. The lowest BCUT2D eigenvalue weighted by molar-refractivity contribution is -0.274. The van der Waals surface area contributed by atoms with Crippen molar-refractivity contribution < 1.29 is 22.7 Å². The SMILES string of the molecule is CC(C)CCNC(=O)C(C)Sc1nnnn1-c1ccc(OC(F)(F)F)cc1. The van der Waals surface area contributed by atoms with Crippen molar-refractivity contribution in [2.24, 2.45) is 5.92 Å². The normalized spacial score (nSPS) is 12.9. The number of aromatic nitrogens is 4. The molecule has 0 aliphatic rings. The zero-order valence-corrected chi connectivity index (χ0v) is 15.8. The monoisotopic (exact) mass is 403 g/mol. The minimum Gasteiger partial charge on any atom is -0.406 e. The van der Waals surface area contributed by atoms with Gasteiger partial charge < -0.3 is 10.1 Å². The van der Waals surface area contributed by atoms with Gasteiger partial charge in [0, 0.05) is 6.54 Å². The van der Waals surface area contributed by atoms with Crippen LogP contribution in [-0.2, 0) is 4.79 Å². The third-order valence-electron chi connectivity index (χ3n) is 3.43. The van der Waals surface area contributed by atoms with Crippen LogP contribution in [0, 0.1) is 5.92 Å². The molecular weight excluding hydrogens is 383 g/mol. The Bertz CT molecular complexity index is 749. The number of halogens is 3. The van der Waals surface area contributed by atoms with Gasteiger partial charge in [0.2, 0.25) is 11.1 Å². The molecule has 7 nitrogen and oxygen atoms in total. The highest BCUT2D eigenvalue weighted by Crippen LogP contribution is 2.26. The Labute approximate surface area is 158 Å². The maximum absolute atomic E-state index is 12.2. The summed E-state index contributed by atoms with van der Waals surface area (Å²) in [6, 6.07) is 5.13. The summed E-state index contributed by atoms with van der Waals surface area (Å²) in [5.74, 6) is 0.0143. The first-order valence-corrected chi connectivity index (χ1v) is 9.12. The van der Waals surface area contributed by atoms with Gasteiger partial charge in [-0.1, -0.05) is 25.6 Å². The van der Waals surface area contributed by atoms with Crippen LogP contribution in [0.3, 0.4) is 0 Å². The number of benzene rings is 1. The number of amides is 1. The maximum atomic E-state index is 12.2. The number of alkyl halides is 3. The number of hydrogen-bond donors (Lipinski definition) is 1. The Balaban J connectivity index is 2.01. The van der Waals surface area contributed by atoms with Crippen molar-refractivity contribution in [1.29, 1.82) is 0 Å². The Hall–Kier alpha value is -2.30. The number of hydrogen-bond acceptors (Lipinski definition) is 6. The zero-order chi connectivity index (χ0) is 20.0. The average molecular weight is 403 g/mol. The number of tetrazole rings is 1. The quantitative estimate of drug-likeness (QED) is 0.682. The summed E-state index contributed by atoms with van der Waals surface area (Å²) in [5, 5.41) is 14.1. The lowest BCUT2D eigenvalue weighted by Crippen LogP contribution is -2.32. The van der Waals surface area contributed by atoms with Gasteiger partial charge in [0.15, 0.2) is 0 Å². The van der Waals surface area contributed by atoms with Crippen LogP contribution in [0.2, 0.25) is 0 Å². The fourth-order valence-electron chi connectivity index (χ4n) is 2.04. The molecule has 1 aromatic carbocycles. The van der Waals surface area contributed by atoms with Gasteiger partial charge in [-0.05, 0) is 54.0 Å². The molecule has 2 aromatic rings. The van der Waals surface area contributed by atoms with E-state index in [4.69, 9.17) is 0 Å². The molecule has 1 N–H and O–H groups in total. The Kier molecular flexibility index (Phi) is 7.05. The third kappa shape index (κ3) is 6.74. The predicted octanol–water partition coefficient (Wildman–Crippen LogP) is 3.20. The van der Waals surface area contributed by atoms with Gasteiger partial charge in [-0.3, -0.25) is 4.79 Å². The van der Waals surface area contributed by atoms with E-state index >= 15 is 0 Å². The number of carbonyl (C=O) groups excluding carboxylic acids is 1. The number of thioether (sulfide) groups is 1. The minimum absolute atomic E-state index is 0.135. The van der Waals surface area contributed by atoms with E-state index in [1.54, 1.807) is 6.92 Å². The van der Waals surface area contributed by atoms with Gasteiger partial charge in [0.05, 0.1) is 10.9 Å². The predicted molar refractivity (Wildman–Crippen MR) is 93.6 cm³/mol. The molecule has 1 heterocycles. The fraction of sp³-hybridized carbons (Fsp3) is 0.500. The molecule has 1 amide bonds. The van der Waals surface area contributed by atoms with E-state index in [2.05, 4.69) is 39.4 Å². The Morgan fingerprint density at radius 1 is 1.26 bits per heavy atom. The number of nitrogens with one attached hydrogen (secondary N) is 1. The van der Waals surface area contributed by atoms with Crippen LogP contribution in [-0.4, -0.2) is 44.3 Å². The first-order chi connectivity index (χ1) is 12.7. The molecule has 0 bridgehead atoms.